The molecule has 0 spiro atoms. The van der Waals surface area contributed by atoms with Crippen LogP contribution in [0.25, 0.3) is 11.0 Å². The topological polar surface area (TPSA) is 67.3 Å². The van der Waals surface area contributed by atoms with Crippen LogP contribution in [0.2, 0.25) is 0 Å². The van der Waals surface area contributed by atoms with Gasteiger partial charge in [-0.3, -0.25) is 0 Å². The zero-order valence-electron chi connectivity index (χ0n) is 14.8. The van der Waals surface area contributed by atoms with Crippen molar-refractivity contribution >= 4 is 22.8 Å². The number of nitrogens with one attached hydrogen (secondary N) is 1. The number of carbonyl (C=O) groups is 1. The van der Waals surface area contributed by atoms with Crippen molar-refractivity contribution in [1.82, 2.24) is 14.9 Å². The van der Waals surface area contributed by atoms with Gasteiger partial charge in [0.1, 0.15) is 5.75 Å². The third-order valence-electron chi connectivity index (χ3n) is 4.56. The zero-order chi connectivity index (χ0) is 18.1. The maximum Gasteiger partial charge on any atom is 0.322 e. The van der Waals surface area contributed by atoms with Gasteiger partial charge in [0.2, 0.25) is 0 Å². The molecule has 0 fully saturated rings. The molecule has 0 radical (unpaired) electrons. The van der Waals surface area contributed by atoms with E-state index in [-0.39, 0.29) is 6.03 Å². The number of hydrogen-bond donors (Lipinski definition) is 1. The minimum absolute atomic E-state index is 0.119. The van der Waals surface area contributed by atoms with Crippen LogP contribution in [0.1, 0.15) is 16.8 Å². The normalized spacial score (nSPS) is 13.4. The Kier molecular flexibility index (Phi) is 4.16. The summed E-state index contributed by atoms with van der Waals surface area (Å²) >= 11 is 0. The van der Waals surface area contributed by atoms with Gasteiger partial charge >= 0.3 is 6.03 Å². The average molecular weight is 348 g/mol. The standard InChI is InChI=1S/C20H20N4O2/c1-13-8-14-9-15-12-24(7-6-18(15)23-19(14)21-11-13)20(25)22-16-4-3-5-17(10-16)26-2/h3-5,8-11H,6-7,12H2,1-2H3,(H,22,25). The van der Waals surface area contributed by atoms with Gasteiger partial charge in [-0.2, -0.15) is 0 Å². The number of rotatable bonds is 2. The highest BCUT2D eigenvalue weighted by molar-refractivity contribution is 5.89. The minimum Gasteiger partial charge on any atom is -0.497 e. The van der Waals surface area contributed by atoms with Crippen LogP contribution in [-0.4, -0.2) is 34.6 Å². The van der Waals surface area contributed by atoms with Gasteiger partial charge in [-0.25, -0.2) is 14.8 Å². The molecule has 26 heavy (non-hydrogen) atoms. The van der Waals surface area contributed by atoms with E-state index < -0.39 is 0 Å². The third kappa shape index (κ3) is 3.18. The van der Waals surface area contributed by atoms with Crippen LogP contribution >= 0.6 is 0 Å². The second-order valence-corrected chi connectivity index (χ2v) is 6.49. The van der Waals surface area contributed by atoms with E-state index in [4.69, 9.17) is 4.74 Å². The van der Waals surface area contributed by atoms with Gasteiger partial charge in [0.15, 0.2) is 5.65 Å². The number of anilines is 1. The van der Waals surface area contributed by atoms with Crippen molar-refractivity contribution in [2.75, 3.05) is 19.0 Å². The molecule has 132 valence electrons. The van der Waals surface area contributed by atoms with Crippen molar-refractivity contribution < 1.29 is 9.53 Å². The fraction of sp³-hybridized carbons (Fsp3) is 0.250. The van der Waals surface area contributed by atoms with Gasteiger partial charge in [-0.15, -0.1) is 0 Å². The number of urea groups is 1. The molecule has 0 saturated carbocycles. The highest BCUT2D eigenvalue weighted by atomic mass is 16.5. The van der Waals surface area contributed by atoms with E-state index in [1.165, 1.54) is 0 Å². The first-order valence-corrected chi connectivity index (χ1v) is 8.57. The fourth-order valence-electron chi connectivity index (χ4n) is 3.21. The van der Waals surface area contributed by atoms with Crippen molar-refractivity contribution in [3.05, 3.63) is 59.4 Å². The van der Waals surface area contributed by atoms with Crippen LogP contribution in [0.4, 0.5) is 10.5 Å². The smallest absolute Gasteiger partial charge is 0.322 e. The van der Waals surface area contributed by atoms with Crippen LogP contribution in [0.5, 0.6) is 5.75 Å². The second kappa shape index (κ2) is 6.63. The number of methoxy groups -OCH3 is 1. The number of amides is 2. The monoisotopic (exact) mass is 348 g/mol. The van der Waals surface area contributed by atoms with Gasteiger partial charge < -0.3 is 15.0 Å². The van der Waals surface area contributed by atoms with Crippen LogP contribution < -0.4 is 10.1 Å². The number of nitrogens with zero attached hydrogens (tertiary/aromatic N) is 3. The molecule has 2 aromatic heterocycles. The molecule has 3 aromatic rings. The Bertz CT molecular complexity index is 987. The molecule has 0 atom stereocenters. The summed E-state index contributed by atoms with van der Waals surface area (Å²) in [4.78, 5) is 23.5. The Morgan fingerprint density at radius 2 is 2.15 bits per heavy atom. The number of carbonyl (C=O) groups excluding carboxylic acids is 1. The molecule has 1 aliphatic heterocycles. The number of ether oxygens (including phenoxy) is 1. The SMILES string of the molecule is COc1cccc(NC(=O)N2CCc3nc4ncc(C)cc4cc3C2)c1. The number of benzene rings is 1. The largest absolute Gasteiger partial charge is 0.497 e. The Balaban J connectivity index is 1.54. The summed E-state index contributed by atoms with van der Waals surface area (Å²) in [6, 6.07) is 11.4. The molecular weight excluding hydrogens is 328 g/mol. The van der Waals surface area contributed by atoms with E-state index in [2.05, 4.69) is 27.4 Å². The van der Waals surface area contributed by atoms with Crippen molar-refractivity contribution in [2.45, 2.75) is 19.9 Å². The summed E-state index contributed by atoms with van der Waals surface area (Å²) in [5, 5.41) is 3.95. The van der Waals surface area contributed by atoms with Crippen molar-refractivity contribution in [1.29, 1.82) is 0 Å². The molecule has 0 saturated heterocycles. The molecule has 1 N–H and O–H groups in total. The molecule has 6 nitrogen and oxygen atoms in total. The van der Waals surface area contributed by atoms with E-state index in [1.807, 2.05) is 31.3 Å². The predicted molar refractivity (Wildman–Crippen MR) is 100 cm³/mol. The Hall–Kier alpha value is -3.15. The van der Waals surface area contributed by atoms with Crippen LogP contribution in [0.15, 0.2) is 42.6 Å². The highest BCUT2D eigenvalue weighted by Crippen LogP contribution is 2.23. The van der Waals surface area contributed by atoms with Crippen LogP contribution in [0.3, 0.4) is 0 Å². The summed E-state index contributed by atoms with van der Waals surface area (Å²) in [6.07, 6.45) is 2.56. The lowest BCUT2D eigenvalue weighted by Gasteiger charge is -2.28. The summed E-state index contributed by atoms with van der Waals surface area (Å²) in [5.74, 6) is 0.713. The summed E-state index contributed by atoms with van der Waals surface area (Å²) in [5.41, 5.74) is 4.69. The molecule has 4 rings (SSSR count). The lowest BCUT2D eigenvalue weighted by Crippen LogP contribution is -2.39. The van der Waals surface area contributed by atoms with Gasteiger partial charge in [0, 0.05) is 48.5 Å². The van der Waals surface area contributed by atoms with Crippen LogP contribution in [0, 0.1) is 6.92 Å². The molecule has 0 aliphatic carbocycles. The van der Waals surface area contributed by atoms with E-state index >= 15 is 0 Å². The summed E-state index contributed by atoms with van der Waals surface area (Å²) < 4.78 is 5.20. The minimum atomic E-state index is -0.119. The summed E-state index contributed by atoms with van der Waals surface area (Å²) in [7, 11) is 1.61. The molecule has 0 unspecified atom stereocenters. The summed E-state index contributed by atoms with van der Waals surface area (Å²) in [6.45, 7) is 3.19. The molecule has 0 bridgehead atoms. The fourth-order valence-corrected chi connectivity index (χ4v) is 3.21. The van der Waals surface area contributed by atoms with Gasteiger partial charge in [0.05, 0.1) is 7.11 Å². The molecule has 6 heteroatoms. The van der Waals surface area contributed by atoms with Gasteiger partial charge in [0.25, 0.3) is 0 Å². The Labute approximate surface area is 151 Å². The third-order valence-corrected chi connectivity index (χ3v) is 4.56. The molecule has 3 heterocycles. The van der Waals surface area contributed by atoms with E-state index in [0.717, 1.165) is 40.0 Å². The van der Waals surface area contributed by atoms with Crippen molar-refractivity contribution in [2.24, 2.45) is 0 Å². The van der Waals surface area contributed by atoms with Gasteiger partial charge in [-0.05, 0) is 42.3 Å². The van der Waals surface area contributed by atoms with Crippen molar-refractivity contribution in [3.63, 3.8) is 0 Å². The zero-order valence-corrected chi connectivity index (χ0v) is 14.8. The highest BCUT2D eigenvalue weighted by Gasteiger charge is 2.22. The molecule has 2 amide bonds. The molecule has 1 aromatic carbocycles. The number of pyridine rings is 2. The second-order valence-electron chi connectivity index (χ2n) is 6.49. The number of aromatic nitrogens is 2. The maximum absolute atomic E-state index is 12.6. The predicted octanol–water partition coefficient (Wildman–Crippen LogP) is 3.54. The van der Waals surface area contributed by atoms with E-state index in [1.54, 1.807) is 18.1 Å². The Morgan fingerprint density at radius 1 is 1.27 bits per heavy atom. The number of hydrogen-bond acceptors (Lipinski definition) is 4. The Morgan fingerprint density at radius 3 is 3.00 bits per heavy atom. The average Bonchev–Trinajstić information content (AvgIpc) is 2.66. The van der Waals surface area contributed by atoms with Gasteiger partial charge in [-0.1, -0.05) is 6.07 Å². The lowest BCUT2D eigenvalue weighted by atomic mass is 10.0. The van der Waals surface area contributed by atoms with E-state index in [0.29, 0.717) is 18.8 Å². The molecular formula is C20H20N4O2. The number of fused-ring (bicyclic) bond motifs is 2. The van der Waals surface area contributed by atoms with E-state index in [9.17, 15) is 4.79 Å². The first-order valence-electron chi connectivity index (χ1n) is 8.57. The molecule has 1 aliphatic rings. The van der Waals surface area contributed by atoms with Crippen LogP contribution in [-0.2, 0) is 13.0 Å². The van der Waals surface area contributed by atoms with Crippen molar-refractivity contribution in [3.8, 4) is 5.75 Å². The first-order chi connectivity index (χ1) is 12.6. The number of aryl methyl sites for hydroxylation is 1. The maximum atomic E-state index is 12.6. The quantitative estimate of drug-likeness (QED) is 0.769. The lowest BCUT2D eigenvalue weighted by molar-refractivity contribution is 0.206. The first kappa shape index (κ1) is 16.3.